The van der Waals surface area contributed by atoms with Crippen molar-refractivity contribution in [3.63, 3.8) is 0 Å². The molecule has 2 heterocycles. The molecule has 1 aromatic rings. The van der Waals surface area contributed by atoms with Crippen molar-refractivity contribution in [3.8, 4) is 0 Å². The molecule has 0 bridgehead atoms. The Balaban J connectivity index is 1.65. The highest BCUT2D eigenvalue weighted by Gasteiger charge is 2.74. The van der Waals surface area contributed by atoms with Gasteiger partial charge in [0.1, 0.15) is 17.8 Å². The number of fused-ring (bicyclic) bond motifs is 1. The minimum Gasteiger partial charge on any atom is -0.408 e. The van der Waals surface area contributed by atoms with E-state index in [2.05, 4.69) is 52.9 Å². The maximum absolute atomic E-state index is 7.10. The van der Waals surface area contributed by atoms with Gasteiger partial charge in [-0.1, -0.05) is 58.0 Å². The first-order valence-electron chi connectivity index (χ1n) is 11.7. The van der Waals surface area contributed by atoms with Crippen molar-refractivity contribution >= 4 is 8.32 Å². The van der Waals surface area contributed by atoms with E-state index in [9.17, 15) is 0 Å². The molecule has 1 aromatic carbocycles. The molecule has 0 aromatic heterocycles. The monoisotopic (exact) mass is 448 g/mol. The zero-order chi connectivity index (χ0) is 22.7. The smallest absolute Gasteiger partial charge is 0.192 e. The summed E-state index contributed by atoms with van der Waals surface area (Å²) in [6.45, 7) is 18.1. The zero-order valence-corrected chi connectivity index (χ0v) is 21.5. The lowest BCUT2D eigenvalue weighted by Gasteiger charge is -2.48. The van der Waals surface area contributed by atoms with E-state index in [0.29, 0.717) is 6.61 Å². The van der Waals surface area contributed by atoms with Crippen LogP contribution in [0, 0.1) is 0 Å². The van der Waals surface area contributed by atoms with Crippen LogP contribution in [0.15, 0.2) is 30.3 Å². The fourth-order valence-electron chi connectivity index (χ4n) is 4.92. The van der Waals surface area contributed by atoms with Crippen LogP contribution in [0.1, 0.15) is 66.4 Å². The first-order chi connectivity index (χ1) is 14.3. The van der Waals surface area contributed by atoms with Crippen LogP contribution >= 0.6 is 0 Å². The Bertz CT molecular complexity index is 783. The Morgan fingerprint density at radius 3 is 2.23 bits per heavy atom. The molecule has 0 spiro atoms. The number of benzene rings is 1. The van der Waals surface area contributed by atoms with Crippen molar-refractivity contribution in [1.82, 2.24) is 0 Å². The third-order valence-corrected chi connectivity index (χ3v) is 12.2. The topological polar surface area (TPSA) is 46.2 Å². The molecule has 4 rings (SSSR count). The normalized spacial score (nSPS) is 34.0. The molecule has 2 aliphatic heterocycles. The maximum Gasteiger partial charge on any atom is 0.192 e. The van der Waals surface area contributed by atoms with Gasteiger partial charge in [0.05, 0.1) is 12.2 Å². The van der Waals surface area contributed by atoms with Crippen molar-refractivity contribution in [2.24, 2.45) is 0 Å². The van der Waals surface area contributed by atoms with Crippen LogP contribution in [0.5, 0.6) is 0 Å². The summed E-state index contributed by atoms with van der Waals surface area (Å²) in [5.74, 6) is -0.680. The standard InChI is InChI=1S/C25H40O5Si/c1-9-25(24(15-16-24)30-31(7,8)22(2,3)4)20(26-17-18-13-11-10-12-14-18)19-21(29-25)28-23(5,6)27-19/h10-14,19-21H,9,15-17H2,1-8H3/t19-,20?,21-,25+/m0/s1. The second kappa shape index (κ2) is 7.64. The van der Waals surface area contributed by atoms with Gasteiger partial charge >= 0.3 is 0 Å². The number of ether oxygens (including phenoxy) is 4. The van der Waals surface area contributed by atoms with Gasteiger partial charge in [-0.3, -0.25) is 0 Å². The number of rotatable bonds is 7. The highest BCUT2D eigenvalue weighted by molar-refractivity contribution is 6.74. The van der Waals surface area contributed by atoms with Crippen molar-refractivity contribution in [2.75, 3.05) is 0 Å². The highest BCUT2D eigenvalue weighted by atomic mass is 28.4. The Kier molecular flexibility index (Phi) is 5.77. The number of hydrogen-bond donors (Lipinski definition) is 0. The van der Waals surface area contributed by atoms with Gasteiger partial charge in [-0.05, 0) is 56.8 Å². The molecule has 31 heavy (non-hydrogen) atoms. The highest BCUT2D eigenvalue weighted by Crippen LogP contribution is 2.61. The van der Waals surface area contributed by atoms with Crippen molar-refractivity contribution < 1.29 is 23.4 Å². The average molecular weight is 449 g/mol. The van der Waals surface area contributed by atoms with Crippen LogP contribution in [0.3, 0.4) is 0 Å². The quantitative estimate of drug-likeness (QED) is 0.495. The Labute approximate surface area is 188 Å². The molecule has 0 N–H and O–H groups in total. The van der Waals surface area contributed by atoms with E-state index in [0.717, 1.165) is 24.8 Å². The van der Waals surface area contributed by atoms with Crippen LogP contribution in [0.25, 0.3) is 0 Å². The largest absolute Gasteiger partial charge is 0.408 e. The van der Waals surface area contributed by atoms with Gasteiger partial charge in [-0.15, -0.1) is 0 Å². The molecule has 1 aliphatic carbocycles. The first kappa shape index (κ1) is 23.4. The molecule has 4 atom stereocenters. The molecule has 6 heteroatoms. The molecule has 3 aliphatic rings. The second-order valence-corrected chi connectivity index (χ2v) is 16.1. The average Bonchev–Trinajstić information content (AvgIpc) is 3.30. The lowest BCUT2D eigenvalue weighted by atomic mass is 9.84. The van der Waals surface area contributed by atoms with Gasteiger partial charge in [0.2, 0.25) is 0 Å². The van der Waals surface area contributed by atoms with Gasteiger partial charge in [0, 0.05) is 0 Å². The van der Waals surface area contributed by atoms with Gasteiger partial charge in [0.15, 0.2) is 20.4 Å². The summed E-state index contributed by atoms with van der Waals surface area (Å²) in [6, 6.07) is 10.3. The first-order valence-corrected chi connectivity index (χ1v) is 14.6. The SMILES string of the molecule is CC[C@@]1(C2(O[Si](C)(C)C(C)(C)C)CC2)O[C@@H]2OC(C)(C)O[C@H]2C1OCc1ccccc1. The van der Waals surface area contributed by atoms with E-state index >= 15 is 0 Å². The predicted molar refractivity (Wildman–Crippen MR) is 123 cm³/mol. The van der Waals surface area contributed by atoms with Crippen molar-refractivity contribution in [2.45, 2.75) is 121 Å². The van der Waals surface area contributed by atoms with Gasteiger partial charge in [-0.25, -0.2) is 0 Å². The van der Waals surface area contributed by atoms with E-state index in [4.69, 9.17) is 23.4 Å². The Morgan fingerprint density at radius 1 is 1.03 bits per heavy atom. The lowest BCUT2D eigenvalue weighted by Crippen LogP contribution is -2.60. The molecule has 1 unspecified atom stereocenters. The summed E-state index contributed by atoms with van der Waals surface area (Å²) < 4.78 is 33.0. The summed E-state index contributed by atoms with van der Waals surface area (Å²) in [4.78, 5) is 0. The van der Waals surface area contributed by atoms with Crippen LogP contribution in [-0.4, -0.2) is 43.8 Å². The fourth-order valence-corrected chi connectivity index (χ4v) is 6.58. The van der Waals surface area contributed by atoms with Crippen molar-refractivity contribution in [1.29, 1.82) is 0 Å². The Morgan fingerprint density at radius 2 is 1.68 bits per heavy atom. The summed E-state index contributed by atoms with van der Waals surface area (Å²) in [7, 11) is -2.01. The van der Waals surface area contributed by atoms with Gasteiger partial charge in [0.25, 0.3) is 0 Å². The van der Waals surface area contributed by atoms with Crippen molar-refractivity contribution in [3.05, 3.63) is 35.9 Å². The van der Waals surface area contributed by atoms with Crippen LogP contribution in [0.2, 0.25) is 18.1 Å². The lowest BCUT2D eigenvalue weighted by molar-refractivity contribution is -0.268. The number of hydrogen-bond acceptors (Lipinski definition) is 5. The molecule has 174 valence electrons. The third kappa shape index (κ3) is 4.04. The second-order valence-electron chi connectivity index (χ2n) is 11.4. The summed E-state index contributed by atoms with van der Waals surface area (Å²) in [5.41, 5.74) is 0.223. The summed E-state index contributed by atoms with van der Waals surface area (Å²) in [5, 5.41) is 0.126. The molecule has 2 saturated heterocycles. The summed E-state index contributed by atoms with van der Waals surface area (Å²) >= 11 is 0. The van der Waals surface area contributed by atoms with E-state index in [-0.39, 0.29) is 22.8 Å². The third-order valence-electron chi connectivity index (χ3n) is 7.70. The Hall–Kier alpha value is -0.763. The van der Waals surface area contributed by atoms with E-state index in [1.807, 2.05) is 32.0 Å². The predicted octanol–water partition coefficient (Wildman–Crippen LogP) is 5.78. The van der Waals surface area contributed by atoms with Crippen LogP contribution in [0.4, 0.5) is 0 Å². The molecular formula is C25H40O5Si. The van der Waals surface area contributed by atoms with Crippen LogP contribution < -0.4 is 0 Å². The van der Waals surface area contributed by atoms with Crippen LogP contribution in [-0.2, 0) is 30.0 Å². The molecule has 5 nitrogen and oxygen atoms in total. The minimum atomic E-state index is -2.01. The van der Waals surface area contributed by atoms with Gasteiger partial charge in [-0.2, -0.15) is 0 Å². The molecule has 0 radical (unpaired) electrons. The molecule has 1 saturated carbocycles. The molecular weight excluding hydrogens is 408 g/mol. The molecule has 0 amide bonds. The minimum absolute atomic E-state index is 0.126. The van der Waals surface area contributed by atoms with E-state index in [1.165, 1.54) is 0 Å². The van der Waals surface area contributed by atoms with Gasteiger partial charge < -0.3 is 23.4 Å². The fraction of sp³-hybridized carbons (Fsp3) is 0.760. The zero-order valence-electron chi connectivity index (χ0n) is 20.5. The molecule has 3 fully saturated rings. The maximum atomic E-state index is 7.10. The summed E-state index contributed by atoms with van der Waals surface area (Å²) in [6.07, 6.45) is 1.82. The van der Waals surface area contributed by atoms with E-state index in [1.54, 1.807) is 0 Å². The van der Waals surface area contributed by atoms with E-state index < -0.39 is 26.0 Å².